The van der Waals surface area contributed by atoms with Gasteiger partial charge >= 0.3 is 0 Å². The Bertz CT molecular complexity index is 392. The smallest absolute Gasteiger partial charge is 0.168 e. The topological polar surface area (TPSA) is 35.5 Å². The molecule has 1 aromatic rings. The molecular formula is C13H16O3. The fourth-order valence-corrected chi connectivity index (χ4v) is 1.95. The van der Waals surface area contributed by atoms with Crippen molar-refractivity contribution in [1.82, 2.24) is 0 Å². The molecule has 2 rings (SSSR count). The first-order valence-corrected chi connectivity index (χ1v) is 5.49. The minimum Gasteiger partial charge on any atom is -0.496 e. The number of rotatable bonds is 3. The molecule has 3 nitrogen and oxygen atoms in total. The summed E-state index contributed by atoms with van der Waals surface area (Å²) in [7, 11) is 1.62. The van der Waals surface area contributed by atoms with Crippen molar-refractivity contribution in [1.29, 1.82) is 0 Å². The summed E-state index contributed by atoms with van der Waals surface area (Å²) in [5, 5.41) is 0. The van der Waals surface area contributed by atoms with Crippen molar-refractivity contribution in [2.24, 2.45) is 5.92 Å². The molecule has 0 aromatic heterocycles. The van der Waals surface area contributed by atoms with Crippen molar-refractivity contribution in [3.05, 3.63) is 29.3 Å². The third-order valence-corrected chi connectivity index (χ3v) is 2.99. The number of hydrogen-bond acceptors (Lipinski definition) is 3. The molecule has 0 N–H and O–H groups in total. The predicted octanol–water partition coefficient (Wildman–Crippen LogP) is 2.22. The van der Waals surface area contributed by atoms with Gasteiger partial charge < -0.3 is 9.47 Å². The molecule has 1 fully saturated rings. The highest BCUT2D eigenvalue weighted by molar-refractivity contribution is 5.98. The Hall–Kier alpha value is -1.35. The Morgan fingerprint density at radius 2 is 2.31 bits per heavy atom. The molecule has 0 bridgehead atoms. The number of methoxy groups -OCH3 is 1. The molecule has 86 valence electrons. The van der Waals surface area contributed by atoms with Crippen LogP contribution in [0.4, 0.5) is 0 Å². The van der Waals surface area contributed by atoms with Gasteiger partial charge in [-0.15, -0.1) is 0 Å². The first-order valence-electron chi connectivity index (χ1n) is 5.49. The average Bonchev–Trinajstić information content (AvgIpc) is 2.82. The third-order valence-electron chi connectivity index (χ3n) is 2.99. The van der Waals surface area contributed by atoms with Crippen molar-refractivity contribution in [2.45, 2.75) is 13.3 Å². The van der Waals surface area contributed by atoms with Crippen molar-refractivity contribution >= 4 is 5.78 Å². The second kappa shape index (κ2) is 4.66. The van der Waals surface area contributed by atoms with E-state index in [1.807, 2.05) is 25.1 Å². The highest BCUT2D eigenvalue weighted by atomic mass is 16.5. The van der Waals surface area contributed by atoms with E-state index in [0.29, 0.717) is 13.2 Å². The summed E-state index contributed by atoms with van der Waals surface area (Å²) < 4.78 is 10.4. The zero-order chi connectivity index (χ0) is 11.5. The number of carbonyl (C=O) groups excluding carboxylic acids is 1. The van der Waals surface area contributed by atoms with Crippen molar-refractivity contribution in [3.63, 3.8) is 0 Å². The van der Waals surface area contributed by atoms with Crippen molar-refractivity contribution in [2.75, 3.05) is 20.3 Å². The second-order valence-corrected chi connectivity index (χ2v) is 4.11. The molecule has 1 aliphatic rings. The molecule has 16 heavy (non-hydrogen) atoms. The highest BCUT2D eigenvalue weighted by Crippen LogP contribution is 2.23. The Balaban J connectivity index is 2.22. The molecule has 0 radical (unpaired) electrons. The summed E-state index contributed by atoms with van der Waals surface area (Å²) in [6, 6.07) is 5.59. The number of Topliss-reactive ketones (excluding diaryl/α,β-unsaturated/α-hetero) is 1. The molecule has 1 atom stereocenters. The van der Waals surface area contributed by atoms with Crippen molar-refractivity contribution in [3.8, 4) is 5.75 Å². The lowest BCUT2D eigenvalue weighted by Crippen LogP contribution is -2.14. The summed E-state index contributed by atoms with van der Waals surface area (Å²) >= 11 is 0. The Morgan fingerprint density at radius 1 is 1.50 bits per heavy atom. The summed E-state index contributed by atoms with van der Waals surface area (Å²) in [6.45, 7) is 3.21. The summed E-state index contributed by atoms with van der Waals surface area (Å²) in [5.41, 5.74) is 1.76. The van der Waals surface area contributed by atoms with Gasteiger partial charge in [0.05, 0.1) is 13.7 Å². The molecule has 0 amide bonds. The van der Waals surface area contributed by atoms with Crippen LogP contribution in [0.2, 0.25) is 0 Å². The van der Waals surface area contributed by atoms with E-state index in [1.165, 1.54) is 0 Å². The number of aryl methyl sites for hydroxylation is 1. The van der Waals surface area contributed by atoms with E-state index >= 15 is 0 Å². The predicted molar refractivity (Wildman–Crippen MR) is 61.0 cm³/mol. The third kappa shape index (κ3) is 2.09. The fraction of sp³-hybridized carbons (Fsp3) is 0.462. The molecule has 1 aliphatic heterocycles. The SMILES string of the molecule is COc1cc(C(=O)C2CCOC2)ccc1C. The molecule has 0 saturated carbocycles. The fourth-order valence-electron chi connectivity index (χ4n) is 1.95. The normalized spacial score (nSPS) is 19.8. The van der Waals surface area contributed by atoms with Gasteiger partial charge in [0.15, 0.2) is 5.78 Å². The minimum absolute atomic E-state index is 0.0208. The summed E-state index contributed by atoms with van der Waals surface area (Å²) in [4.78, 5) is 12.1. The number of ether oxygens (including phenoxy) is 2. The molecule has 1 saturated heterocycles. The minimum atomic E-state index is 0.0208. The number of ketones is 1. The van der Waals surface area contributed by atoms with Gasteiger partial charge in [-0.25, -0.2) is 0 Å². The van der Waals surface area contributed by atoms with Gasteiger partial charge in [-0.3, -0.25) is 4.79 Å². The lowest BCUT2D eigenvalue weighted by atomic mass is 9.96. The monoisotopic (exact) mass is 220 g/mol. The second-order valence-electron chi connectivity index (χ2n) is 4.11. The largest absolute Gasteiger partial charge is 0.496 e. The zero-order valence-electron chi connectivity index (χ0n) is 9.66. The maximum Gasteiger partial charge on any atom is 0.168 e. The molecule has 1 aromatic carbocycles. The van der Waals surface area contributed by atoms with Gasteiger partial charge in [0.2, 0.25) is 0 Å². The molecular weight excluding hydrogens is 204 g/mol. The standard InChI is InChI=1S/C13H16O3/c1-9-3-4-10(7-12(9)15-2)13(14)11-5-6-16-8-11/h3-4,7,11H,5-6,8H2,1-2H3. The van der Waals surface area contributed by atoms with Crippen LogP contribution in [0.3, 0.4) is 0 Å². The van der Waals surface area contributed by atoms with Crippen LogP contribution in [0, 0.1) is 12.8 Å². The summed E-state index contributed by atoms with van der Waals surface area (Å²) in [5.74, 6) is 0.952. The molecule has 0 aliphatic carbocycles. The molecule has 3 heteroatoms. The van der Waals surface area contributed by atoms with Gasteiger partial charge in [-0.1, -0.05) is 12.1 Å². The van der Waals surface area contributed by atoms with Gasteiger partial charge in [0.25, 0.3) is 0 Å². The molecule has 1 heterocycles. The van der Waals surface area contributed by atoms with Crippen molar-refractivity contribution < 1.29 is 14.3 Å². The van der Waals surface area contributed by atoms with Crippen LogP contribution < -0.4 is 4.74 Å². The lowest BCUT2D eigenvalue weighted by molar-refractivity contribution is 0.0900. The van der Waals surface area contributed by atoms with E-state index in [4.69, 9.17) is 9.47 Å². The van der Waals surface area contributed by atoms with Gasteiger partial charge in [-0.2, -0.15) is 0 Å². The van der Waals surface area contributed by atoms with Gasteiger partial charge in [-0.05, 0) is 25.0 Å². The van der Waals surface area contributed by atoms with E-state index in [-0.39, 0.29) is 11.7 Å². The number of benzene rings is 1. The first-order chi connectivity index (χ1) is 7.72. The van der Waals surface area contributed by atoms with Gasteiger partial charge in [0.1, 0.15) is 5.75 Å². The Kier molecular flexibility index (Phi) is 3.25. The average molecular weight is 220 g/mol. The highest BCUT2D eigenvalue weighted by Gasteiger charge is 2.24. The Labute approximate surface area is 95.4 Å². The van der Waals surface area contributed by atoms with E-state index < -0.39 is 0 Å². The van der Waals surface area contributed by atoms with Crippen LogP contribution in [0.25, 0.3) is 0 Å². The number of hydrogen-bond donors (Lipinski definition) is 0. The van der Waals surface area contributed by atoms with Gasteiger partial charge in [0, 0.05) is 18.1 Å². The number of carbonyl (C=O) groups is 1. The summed E-state index contributed by atoms with van der Waals surface area (Å²) in [6.07, 6.45) is 0.828. The van der Waals surface area contributed by atoms with E-state index in [9.17, 15) is 4.79 Å². The quantitative estimate of drug-likeness (QED) is 0.733. The van der Waals surface area contributed by atoms with E-state index in [2.05, 4.69) is 0 Å². The van der Waals surface area contributed by atoms with Crippen LogP contribution in [-0.2, 0) is 4.74 Å². The Morgan fingerprint density at radius 3 is 2.94 bits per heavy atom. The van der Waals surface area contributed by atoms with E-state index in [0.717, 1.165) is 23.3 Å². The van der Waals surface area contributed by atoms with E-state index in [1.54, 1.807) is 7.11 Å². The molecule has 1 unspecified atom stereocenters. The zero-order valence-corrected chi connectivity index (χ0v) is 9.66. The van der Waals surface area contributed by atoms with Crippen LogP contribution in [-0.4, -0.2) is 26.1 Å². The lowest BCUT2D eigenvalue weighted by Gasteiger charge is -2.09. The van der Waals surface area contributed by atoms with Crippen LogP contribution >= 0.6 is 0 Å². The van der Waals surface area contributed by atoms with Crippen LogP contribution in [0.5, 0.6) is 5.75 Å². The van der Waals surface area contributed by atoms with Crippen LogP contribution in [0.15, 0.2) is 18.2 Å². The maximum absolute atomic E-state index is 12.1. The maximum atomic E-state index is 12.1. The van der Waals surface area contributed by atoms with Crippen LogP contribution in [0.1, 0.15) is 22.3 Å². The first kappa shape index (κ1) is 11.1. The molecule has 0 spiro atoms.